The van der Waals surface area contributed by atoms with Gasteiger partial charge in [-0.1, -0.05) is 36.7 Å². The van der Waals surface area contributed by atoms with Crippen molar-refractivity contribution < 1.29 is 24.0 Å². The number of aromatic nitrogens is 2. The highest BCUT2D eigenvalue weighted by molar-refractivity contribution is 6.38. The Balaban J connectivity index is 0.879. The van der Waals surface area contributed by atoms with Crippen molar-refractivity contribution in [1.29, 1.82) is 0 Å². The van der Waals surface area contributed by atoms with Gasteiger partial charge in [0.1, 0.15) is 11.7 Å². The minimum absolute atomic E-state index is 0.000528. The maximum atomic E-state index is 13.8. The highest BCUT2D eigenvalue weighted by Crippen LogP contribution is 2.37. The van der Waals surface area contributed by atoms with Crippen LogP contribution >= 0.6 is 11.6 Å². The number of halogens is 1. The number of H-pyrrole nitrogens is 1. The lowest BCUT2D eigenvalue weighted by Gasteiger charge is -2.38. The number of aromatic amines is 1. The quantitative estimate of drug-likeness (QED) is 0.234. The van der Waals surface area contributed by atoms with E-state index in [1.165, 1.54) is 0 Å². The van der Waals surface area contributed by atoms with E-state index in [2.05, 4.69) is 27.1 Å². The van der Waals surface area contributed by atoms with Crippen LogP contribution in [0.5, 0.6) is 0 Å². The zero-order chi connectivity index (χ0) is 36.1. The van der Waals surface area contributed by atoms with Crippen LogP contribution in [0.2, 0.25) is 5.02 Å². The first-order valence-corrected chi connectivity index (χ1v) is 18.5. The Morgan fingerprint density at radius 2 is 1.69 bits per heavy atom. The normalized spacial score (nSPS) is 20.3. The smallest absolute Gasteiger partial charge is 0.324 e. The highest BCUT2D eigenvalue weighted by Gasteiger charge is 2.45. The van der Waals surface area contributed by atoms with Gasteiger partial charge in [0, 0.05) is 61.6 Å². The van der Waals surface area contributed by atoms with Crippen molar-refractivity contribution in [3.63, 3.8) is 0 Å². The molecule has 13 heteroatoms. The lowest BCUT2D eigenvalue weighted by Crippen LogP contribution is -2.54. The van der Waals surface area contributed by atoms with Crippen LogP contribution in [-0.4, -0.2) is 99.6 Å². The molecule has 0 bridgehead atoms. The van der Waals surface area contributed by atoms with Gasteiger partial charge in [0.25, 0.3) is 11.8 Å². The minimum atomic E-state index is -0.975. The number of amides is 6. The third-order valence-electron chi connectivity index (χ3n) is 11.1. The van der Waals surface area contributed by atoms with E-state index in [-0.39, 0.29) is 24.8 Å². The fraction of sp³-hybridized carbons (Fsp3) is 0.385. The van der Waals surface area contributed by atoms with Gasteiger partial charge in [-0.25, -0.2) is 9.78 Å². The first-order valence-electron chi connectivity index (χ1n) is 18.1. The van der Waals surface area contributed by atoms with Gasteiger partial charge in [0.15, 0.2) is 0 Å². The van der Waals surface area contributed by atoms with Crippen LogP contribution < -0.4 is 10.2 Å². The fourth-order valence-corrected chi connectivity index (χ4v) is 8.53. The Labute approximate surface area is 306 Å². The molecule has 1 unspecified atom stereocenters. The summed E-state index contributed by atoms with van der Waals surface area (Å²) in [6.07, 6.45) is 7.45. The fourth-order valence-electron chi connectivity index (χ4n) is 8.16. The van der Waals surface area contributed by atoms with Gasteiger partial charge in [0.05, 0.1) is 16.1 Å². The number of pyridine rings is 1. The Morgan fingerprint density at radius 1 is 0.885 bits per heavy atom. The molecule has 4 aromatic rings. The highest BCUT2D eigenvalue weighted by atomic mass is 35.5. The molecule has 0 spiro atoms. The molecule has 3 saturated heterocycles. The van der Waals surface area contributed by atoms with E-state index in [1.807, 2.05) is 52.4 Å². The van der Waals surface area contributed by atoms with Crippen molar-refractivity contribution in [1.82, 2.24) is 30.0 Å². The predicted octanol–water partition coefficient (Wildman–Crippen LogP) is 5.36. The molecule has 52 heavy (non-hydrogen) atoms. The average molecular weight is 722 g/mol. The van der Waals surface area contributed by atoms with Gasteiger partial charge >= 0.3 is 6.03 Å². The number of aryl methyl sites for hydroxylation is 1. The van der Waals surface area contributed by atoms with Crippen molar-refractivity contribution in [3.8, 4) is 11.1 Å². The summed E-state index contributed by atoms with van der Waals surface area (Å²) < 4.78 is 0. The number of fused-ring (bicyclic) bond motifs is 2. The van der Waals surface area contributed by atoms with Gasteiger partial charge in [-0.3, -0.25) is 34.3 Å². The SMILES string of the molecule is CCc1c[nH]c2ncc(-c3cccc(N4CCCN(CCN5CCC(c6ccc7c(c6)C(=O)N(C6CCC(=O)NC6=O)C7=O)CC5)C4=O)c3)c(Cl)c12. The summed E-state index contributed by atoms with van der Waals surface area (Å²) in [5.41, 5.74) is 6.10. The molecule has 2 aromatic carbocycles. The van der Waals surface area contributed by atoms with Crippen LogP contribution in [0.15, 0.2) is 54.9 Å². The number of benzene rings is 2. The number of hydrogen-bond donors (Lipinski definition) is 2. The second-order valence-corrected chi connectivity index (χ2v) is 14.4. The van der Waals surface area contributed by atoms with E-state index >= 15 is 0 Å². The summed E-state index contributed by atoms with van der Waals surface area (Å²) in [7, 11) is 0. The summed E-state index contributed by atoms with van der Waals surface area (Å²) in [5.74, 6) is -1.75. The van der Waals surface area contributed by atoms with Gasteiger partial charge < -0.3 is 14.8 Å². The largest absolute Gasteiger partial charge is 0.346 e. The maximum Gasteiger partial charge on any atom is 0.324 e. The standard InChI is InChI=1S/C39H40ClN7O5/c1-2-23-21-41-35-33(23)34(40)30(22-42-35)26-5-3-6-27(19-26)46-14-4-13-45(39(46)52)18-17-44-15-11-24(12-16-44)25-7-8-28-29(20-25)38(51)47(37(28)50)31-9-10-32(48)43-36(31)49/h3,5-8,19-22,24,31H,2,4,9-18H2,1H3,(H,41,42)(H,43,48,49). The van der Waals surface area contributed by atoms with E-state index < -0.39 is 29.7 Å². The summed E-state index contributed by atoms with van der Waals surface area (Å²) >= 11 is 6.92. The number of carbonyl (C=O) groups is 5. The van der Waals surface area contributed by atoms with Crippen LogP contribution in [-0.2, 0) is 16.0 Å². The lowest BCUT2D eigenvalue weighted by molar-refractivity contribution is -0.136. The zero-order valence-corrected chi connectivity index (χ0v) is 29.7. The van der Waals surface area contributed by atoms with Crippen molar-refractivity contribution in [2.24, 2.45) is 0 Å². The van der Waals surface area contributed by atoms with Crippen LogP contribution in [0.1, 0.15) is 76.8 Å². The van der Waals surface area contributed by atoms with Crippen LogP contribution in [0.4, 0.5) is 10.5 Å². The Kier molecular flexibility index (Phi) is 9.04. The number of nitrogens with one attached hydrogen (secondary N) is 2. The third-order valence-corrected chi connectivity index (χ3v) is 11.5. The van der Waals surface area contributed by atoms with Crippen molar-refractivity contribution in [2.45, 2.75) is 57.4 Å². The first-order chi connectivity index (χ1) is 25.2. The Morgan fingerprint density at radius 3 is 2.48 bits per heavy atom. The van der Waals surface area contributed by atoms with E-state index in [9.17, 15) is 24.0 Å². The number of rotatable bonds is 8. The number of anilines is 1. The second-order valence-electron chi connectivity index (χ2n) is 14.1. The molecule has 4 aliphatic heterocycles. The summed E-state index contributed by atoms with van der Waals surface area (Å²) in [6.45, 7) is 6.55. The molecule has 0 radical (unpaired) electrons. The first kappa shape index (κ1) is 34.0. The molecule has 6 amide bonds. The number of hydrogen-bond acceptors (Lipinski definition) is 7. The van der Waals surface area contributed by atoms with Gasteiger partial charge in [-0.2, -0.15) is 0 Å². The zero-order valence-electron chi connectivity index (χ0n) is 29.0. The number of urea groups is 1. The molecule has 0 aliphatic carbocycles. The van der Waals surface area contributed by atoms with Crippen molar-refractivity contribution >= 4 is 58.0 Å². The second kappa shape index (κ2) is 13.8. The maximum absolute atomic E-state index is 13.8. The molecule has 0 saturated carbocycles. The average Bonchev–Trinajstić information content (AvgIpc) is 3.69. The van der Waals surface area contributed by atoms with Crippen LogP contribution in [0.3, 0.4) is 0 Å². The molecular weight excluding hydrogens is 682 g/mol. The monoisotopic (exact) mass is 721 g/mol. The molecule has 2 N–H and O–H groups in total. The number of nitrogens with zero attached hydrogens (tertiary/aromatic N) is 5. The molecule has 8 rings (SSSR count). The molecule has 12 nitrogen and oxygen atoms in total. The molecule has 4 aliphatic rings. The van der Waals surface area contributed by atoms with Gasteiger partial charge in [-0.15, -0.1) is 0 Å². The Bertz CT molecular complexity index is 2120. The Hall–Kier alpha value is -5.07. The van der Waals surface area contributed by atoms with Crippen molar-refractivity contribution in [2.75, 3.05) is 44.2 Å². The third kappa shape index (κ3) is 6.03. The predicted molar refractivity (Wildman–Crippen MR) is 196 cm³/mol. The van der Waals surface area contributed by atoms with Crippen LogP contribution in [0, 0.1) is 0 Å². The molecule has 1 atom stereocenters. The summed E-state index contributed by atoms with van der Waals surface area (Å²) in [4.78, 5) is 79.3. The molecule has 268 valence electrons. The van der Waals surface area contributed by atoms with Gasteiger partial charge in [-0.05, 0) is 92.1 Å². The lowest BCUT2D eigenvalue weighted by atomic mass is 9.88. The van der Waals surface area contributed by atoms with E-state index in [1.54, 1.807) is 12.3 Å². The topological polar surface area (TPSA) is 139 Å². The molecular formula is C39H40ClN7O5. The number of imide groups is 2. The van der Waals surface area contributed by atoms with Crippen LogP contribution in [0.25, 0.3) is 22.2 Å². The minimum Gasteiger partial charge on any atom is -0.346 e. The molecule has 6 heterocycles. The number of carbonyl (C=O) groups excluding carboxylic acids is 5. The van der Waals surface area contributed by atoms with E-state index in [0.29, 0.717) is 35.8 Å². The number of piperidine rings is 2. The van der Waals surface area contributed by atoms with Crippen molar-refractivity contribution in [3.05, 3.63) is 82.1 Å². The van der Waals surface area contributed by atoms with E-state index in [0.717, 1.165) is 89.2 Å². The van der Waals surface area contributed by atoms with E-state index in [4.69, 9.17) is 11.6 Å². The number of likely N-dealkylation sites (tertiary alicyclic amines) is 1. The summed E-state index contributed by atoms with van der Waals surface area (Å²) in [5, 5.41) is 3.84. The van der Waals surface area contributed by atoms with Gasteiger partial charge in [0.2, 0.25) is 11.8 Å². The molecule has 2 aromatic heterocycles. The molecule has 3 fully saturated rings. The summed E-state index contributed by atoms with van der Waals surface area (Å²) in [6, 6.07) is 12.4.